The maximum atomic E-state index is 12.5. The Bertz CT molecular complexity index is 671. The van der Waals surface area contributed by atoms with Crippen molar-refractivity contribution in [3.05, 3.63) is 34.2 Å². The van der Waals surface area contributed by atoms with Crippen LogP contribution in [-0.2, 0) is 11.8 Å². The number of rotatable bonds is 1. The molecule has 0 aromatic carbocycles. The zero-order valence-corrected chi connectivity index (χ0v) is 13.0. The first-order chi connectivity index (χ1) is 10.4. The standard InChI is InChI=1S/C16H21N3O3/c1-17-7-3-4-12(14(17)21)15(22)19-8-5-16(6-9-19)10-13(20)18(2)11-16/h3-4,7H,5-6,8-11H2,1-2H3. The SMILES string of the molecule is CN1CC2(CCN(C(=O)c3cccn(C)c3=O)CC2)CC1=O. The first-order valence-corrected chi connectivity index (χ1v) is 7.61. The van der Waals surface area contributed by atoms with E-state index < -0.39 is 0 Å². The van der Waals surface area contributed by atoms with Crippen molar-refractivity contribution in [2.24, 2.45) is 12.5 Å². The Hall–Kier alpha value is -2.11. The van der Waals surface area contributed by atoms with Crippen LogP contribution in [0.2, 0.25) is 0 Å². The Morgan fingerprint density at radius 2 is 1.86 bits per heavy atom. The van der Waals surface area contributed by atoms with E-state index in [1.165, 1.54) is 4.57 Å². The average Bonchev–Trinajstić information content (AvgIpc) is 2.76. The molecule has 0 aliphatic carbocycles. The van der Waals surface area contributed by atoms with Crippen molar-refractivity contribution in [2.75, 3.05) is 26.7 Å². The molecular weight excluding hydrogens is 282 g/mol. The van der Waals surface area contributed by atoms with Crippen LogP contribution in [0.1, 0.15) is 29.6 Å². The number of carbonyl (C=O) groups is 2. The van der Waals surface area contributed by atoms with Crippen LogP contribution >= 0.6 is 0 Å². The zero-order chi connectivity index (χ0) is 15.9. The Morgan fingerprint density at radius 1 is 1.18 bits per heavy atom. The van der Waals surface area contributed by atoms with Crippen LogP contribution < -0.4 is 5.56 Å². The van der Waals surface area contributed by atoms with Crippen molar-refractivity contribution in [1.82, 2.24) is 14.4 Å². The van der Waals surface area contributed by atoms with Crippen molar-refractivity contribution in [2.45, 2.75) is 19.3 Å². The van der Waals surface area contributed by atoms with Crippen LogP contribution in [0.4, 0.5) is 0 Å². The normalized spacial score (nSPS) is 20.7. The molecular formula is C16H21N3O3. The average molecular weight is 303 g/mol. The monoisotopic (exact) mass is 303 g/mol. The molecule has 0 atom stereocenters. The van der Waals surface area contributed by atoms with E-state index in [4.69, 9.17) is 0 Å². The van der Waals surface area contributed by atoms with E-state index in [1.54, 1.807) is 35.2 Å². The fourth-order valence-corrected chi connectivity index (χ4v) is 3.55. The third-order valence-electron chi connectivity index (χ3n) is 4.99. The second-order valence-electron chi connectivity index (χ2n) is 6.56. The molecule has 2 fully saturated rings. The van der Waals surface area contributed by atoms with Crippen LogP contribution in [0, 0.1) is 5.41 Å². The van der Waals surface area contributed by atoms with Crippen LogP contribution in [0.15, 0.2) is 23.1 Å². The molecule has 2 saturated heterocycles. The first kappa shape index (κ1) is 14.8. The molecule has 2 aliphatic heterocycles. The van der Waals surface area contributed by atoms with Crippen LogP contribution in [0.3, 0.4) is 0 Å². The number of hydrogen-bond acceptors (Lipinski definition) is 3. The topological polar surface area (TPSA) is 62.6 Å². The highest BCUT2D eigenvalue weighted by atomic mass is 16.2. The molecule has 0 saturated carbocycles. The maximum absolute atomic E-state index is 12.5. The van der Waals surface area contributed by atoms with Crippen molar-refractivity contribution < 1.29 is 9.59 Å². The summed E-state index contributed by atoms with van der Waals surface area (Å²) in [6.07, 6.45) is 3.87. The lowest BCUT2D eigenvalue weighted by atomic mass is 9.77. The number of aromatic nitrogens is 1. The summed E-state index contributed by atoms with van der Waals surface area (Å²) >= 11 is 0. The predicted molar refractivity (Wildman–Crippen MR) is 81.5 cm³/mol. The lowest BCUT2D eigenvalue weighted by Gasteiger charge is -2.38. The van der Waals surface area contributed by atoms with Gasteiger partial charge in [0, 0.05) is 51.8 Å². The van der Waals surface area contributed by atoms with Crippen molar-refractivity contribution >= 4 is 11.8 Å². The molecule has 2 amide bonds. The largest absolute Gasteiger partial charge is 0.345 e. The van der Waals surface area contributed by atoms with E-state index in [-0.39, 0.29) is 28.4 Å². The van der Waals surface area contributed by atoms with Gasteiger partial charge >= 0.3 is 0 Å². The van der Waals surface area contributed by atoms with Gasteiger partial charge in [-0.05, 0) is 25.0 Å². The Labute approximate surface area is 129 Å². The summed E-state index contributed by atoms with van der Waals surface area (Å²) in [5.74, 6) is -0.00886. The van der Waals surface area contributed by atoms with Gasteiger partial charge in [-0.25, -0.2) is 0 Å². The molecule has 22 heavy (non-hydrogen) atoms. The van der Waals surface area contributed by atoms with E-state index in [9.17, 15) is 14.4 Å². The lowest BCUT2D eigenvalue weighted by Crippen LogP contribution is -2.45. The molecule has 118 valence electrons. The summed E-state index contributed by atoms with van der Waals surface area (Å²) in [6, 6.07) is 3.30. The fourth-order valence-electron chi connectivity index (χ4n) is 3.55. The minimum Gasteiger partial charge on any atom is -0.345 e. The molecule has 0 radical (unpaired) electrons. The van der Waals surface area contributed by atoms with E-state index in [2.05, 4.69) is 0 Å². The molecule has 0 N–H and O–H groups in total. The molecule has 3 heterocycles. The van der Waals surface area contributed by atoms with Crippen molar-refractivity contribution in [3.8, 4) is 0 Å². The highest BCUT2D eigenvalue weighted by Gasteiger charge is 2.44. The van der Waals surface area contributed by atoms with Gasteiger partial charge in [0.05, 0.1) is 0 Å². The number of aryl methyl sites for hydroxylation is 1. The van der Waals surface area contributed by atoms with E-state index in [0.717, 1.165) is 19.4 Å². The van der Waals surface area contributed by atoms with E-state index in [1.807, 2.05) is 7.05 Å². The highest BCUT2D eigenvalue weighted by molar-refractivity contribution is 5.94. The summed E-state index contributed by atoms with van der Waals surface area (Å²) in [5.41, 5.74) is -0.0197. The second-order valence-corrected chi connectivity index (χ2v) is 6.56. The maximum Gasteiger partial charge on any atom is 0.263 e. The molecule has 0 bridgehead atoms. The van der Waals surface area contributed by atoms with Gasteiger partial charge in [-0.3, -0.25) is 14.4 Å². The van der Waals surface area contributed by atoms with E-state index in [0.29, 0.717) is 19.5 Å². The smallest absolute Gasteiger partial charge is 0.263 e. The van der Waals surface area contributed by atoms with Crippen molar-refractivity contribution in [1.29, 1.82) is 0 Å². The van der Waals surface area contributed by atoms with Gasteiger partial charge in [-0.2, -0.15) is 0 Å². The summed E-state index contributed by atoms with van der Waals surface area (Å²) in [7, 11) is 3.48. The van der Waals surface area contributed by atoms with Crippen LogP contribution in [-0.4, -0.2) is 52.9 Å². The number of hydrogen-bond donors (Lipinski definition) is 0. The summed E-state index contributed by atoms with van der Waals surface area (Å²) in [6.45, 7) is 2.00. The Balaban J connectivity index is 1.72. The van der Waals surface area contributed by atoms with Gasteiger partial charge in [-0.1, -0.05) is 0 Å². The quantitative estimate of drug-likeness (QED) is 0.757. The number of nitrogens with zero attached hydrogens (tertiary/aromatic N) is 3. The molecule has 3 rings (SSSR count). The molecule has 1 aromatic rings. The molecule has 1 aromatic heterocycles. The third-order valence-corrected chi connectivity index (χ3v) is 4.99. The molecule has 6 nitrogen and oxygen atoms in total. The number of piperidine rings is 1. The van der Waals surface area contributed by atoms with Gasteiger partial charge in [0.15, 0.2) is 0 Å². The predicted octanol–water partition coefficient (Wildman–Crippen LogP) is 0.470. The van der Waals surface area contributed by atoms with Gasteiger partial charge in [0.2, 0.25) is 5.91 Å². The van der Waals surface area contributed by atoms with Gasteiger partial charge in [-0.15, -0.1) is 0 Å². The Morgan fingerprint density at radius 3 is 2.45 bits per heavy atom. The summed E-state index contributed by atoms with van der Waals surface area (Å²) < 4.78 is 1.42. The molecule has 2 aliphatic rings. The van der Waals surface area contributed by atoms with Gasteiger partial charge in [0.1, 0.15) is 5.56 Å². The lowest BCUT2D eigenvalue weighted by molar-refractivity contribution is -0.126. The third kappa shape index (κ3) is 2.42. The number of pyridine rings is 1. The van der Waals surface area contributed by atoms with Crippen LogP contribution in [0.5, 0.6) is 0 Å². The Kier molecular flexibility index (Phi) is 3.54. The second kappa shape index (κ2) is 5.26. The fraction of sp³-hybridized carbons (Fsp3) is 0.562. The number of likely N-dealkylation sites (tertiary alicyclic amines) is 2. The zero-order valence-electron chi connectivity index (χ0n) is 13.0. The molecule has 0 unspecified atom stereocenters. The molecule has 6 heteroatoms. The number of carbonyl (C=O) groups excluding carboxylic acids is 2. The molecule has 1 spiro atoms. The summed E-state index contributed by atoms with van der Waals surface area (Å²) in [5, 5.41) is 0. The van der Waals surface area contributed by atoms with Crippen molar-refractivity contribution in [3.63, 3.8) is 0 Å². The summed E-state index contributed by atoms with van der Waals surface area (Å²) in [4.78, 5) is 39.9. The number of amides is 2. The van der Waals surface area contributed by atoms with Crippen LogP contribution in [0.25, 0.3) is 0 Å². The first-order valence-electron chi connectivity index (χ1n) is 7.61. The van der Waals surface area contributed by atoms with E-state index >= 15 is 0 Å². The van der Waals surface area contributed by atoms with Gasteiger partial charge in [0.25, 0.3) is 11.5 Å². The highest BCUT2D eigenvalue weighted by Crippen LogP contribution is 2.40. The van der Waals surface area contributed by atoms with Gasteiger partial charge < -0.3 is 14.4 Å². The minimum atomic E-state index is -0.261. The minimum absolute atomic E-state index is 0.0181.